The summed E-state index contributed by atoms with van der Waals surface area (Å²) in [6, 6.07) is 6.74. The Morgan fingerprint density at radius 2 is 2.10 bits per heavy atom. The molecule has 1 fully saturated rings. The van der Waals surface area contributed by atoms with Gasteiger partial charge in [-0.25, -0.2) is 13.6 Å². The molecule has 0 spiro atoms. The minimum atomic E-state index is -3.63. The highest BCUT2D eigenvalue weighted by Gasteiger charge is 2.20. The monoisotopic (exact) mass is 299 g/mol. The van der Waals surface area contributed by atoms with Gasteiger partial charge in [-0.2, -0.15) is 0 Å². The molecule has 1 aliphatic heterocycles. The number of sulfonamides is 1. The largest absolute Gasteiger partial charge is 0.492 e. The van der Waals surface area contributed by atoms with Gasteiger partial charge in [-0.05, 0) is 44.3 Å². The molecule has 6 nitrogen and oxygen atoms in total. The molecule has 7 heteroatoms. The van der Waals surface area contributed by atoms with E-state index in [0.29, 0.717) is 18.4 Å². The molecule has 0 aromatic heterocycles. The average molecular weight is 299 g/mol. The molecule has 0 bridgehead atoms. The van der Waals surface area contributed by atoms with Gasteiger partial charge in [0.15, 0.2) is 0 Å². The van der Waals surface area contributed by atoms with Gasteiger partial charge in [0.05, 0.1) is 4.90 Å². The molecule has 0 radical (unpaired) electrons. The zero-order valence-corrected chi connectivity index (χ0v) is 12.4. The van der Waals surface area contributed by atoms with Crippen LogP contribution in [0.1, 0.15) is 6.42 Å². The van der Waals surface area contributed by atoms with Gasteiger partial charge in [-0.3, -0.25) is 4.90 Å². The highest BCUT2D eigenvalue weighted by molar-refractivity contribution is 7.89. The highest BCUT2D eigenvalue weighted by atomic mass is 32.2. The summed E-state index contributed by atoms with van der Waals surface area (Å²) in [4.78, 5) is 2.45. The van der Waals surface area contributed by atoms with Gasteiger partial charge in [0.2, 0.25) is 10.0 Å². The van der Waals surface area contributed by atoms with Crippen molar-refractivity contribution in [2.45, 2.75) is 17.4 Å². The fourth-order valence-corrected chi connectivity index (χ4v) is 2.80. The normalized spacial score (nSPS) is 20.2. The standard InChI is InChI=1S/C13H21N3O3S/c1-15-11-6-7-16(10-11)8-9-19-12-2-4-13(5-3-12)20(14,17)18/h2-5,11,15H,6-10H2,1H3,(H2,14,17,18). The smallest absolute Gasteiger partial charge is 0.238 e. The first-order valence-electron chi connectivity index (χ1n) is 6.64. The third-order valence-corrected chi connectivity index (χ3v) is 4.44. The maximum absolute atomic E-state index is 11.1. The van der Waals surface area contributed by atoms with Crippen LogP contribution in [-0.2, 0) is 10.0 Å². The van der Waals surface area contributed by atoms with E-state index in [0.717, 1.165) is 19.6 Å². The van der Waals surface area contributed by atoms with E-state index in [9.17, 15) is 8.42 Å². The van der Waals surface area contributed by atoms with Crippen molar-refractivity contribution in [2.24, 2.45) is 5.14 Å². The molecule has 0 amide bonds. The number of ether oxygens (including phenoxy) is 1. The lowest BCUT2D eigenvalue weighted by atomic mass is 10.3. The topological polar surface area (TPSA) is 84.7 Å². The van der Waals surface area contributed by atoms with Crippen LogP contribution < -0.4 is 15.2 Å². The fourth-order valence-electron chi connectivity index (χ4n) is 2.29. The van der Waals surface area contributed by atoms with Crippen molar-refractivity contribution < 1.29 is 13.2 Å². The van der Waals surface area contributed by atoms with Crippen LogP contribution >= 0.6 is 0 Å². The number of nitrogens with one attached hydrogen (secondary N) is 1. The van der Waals surface area contributed by atoms with Crippen LogP contribution in [0.25, 0.3) is 0 Å². The van der Waals surface area contributed by atoms with Crippen molar-refractivity contribution in [3.63, 3.8) is 0 Å². The first-order valence-corrected chi connectivity index (χ1v) is 8.19. The lowest BCUT2D eigenvalue weighted by Gasteiger charge is -2.16. The van der Waals surface area contributed by atoms with Crippen molar-refractivity contribution in [3.8, 4) is 5.75 Å². The van der Waals surface area contributed by atoms with E-state index >= 15 is 0 Å². The van der Waals surface area contributed by atoms with Crippen molar-refractivity contribution in [3.05, 3.63) is 24.3 Å². The number of likely N-dealkylation sites (tertiary alicyclic amines) is 1. The molecule has 1 saturated heterocycles. The lowest BCUT2D eigenvalue weighted by Crippen LogP contribution is -2.31. The van der Waals surface area contributed by atoms with E-state index in [1.165, 1.54) is 18.6 Å². The number of hydrogen-bond donors (Lipinski definition) is 2. The predicted octanol–water partition coefficient (Wildman–Crippen LogP) is 0.00650. The van der Waals surface area contributed by atoms with Crippen LogP contribution in [0, 0.1) is 0 Å². The summed E-state index contributed by atoms with van der Waals surface area (Å²) in [6.07, 6.45) is 1.17. The van der Waals surface area contributed by atoms with Gasteiger partial charge < -0.3 is 10.1 Å². The average Bonchev–Trinajstić information content (AvgIpc) is 2.86. The quantitative estimate of drug-likeness (QED) is 0.773. The summed E-state index contributed by atoms with van der Waals surface area (Å²) in [5.41, 5.74) is 0. The lowest BCUT2D eigenvalue weighted by molar-refractivity contribution is 0.235. The Hall–Kier alpha value is -1.15. The SMILES string of the molecule is CNC1CCN(CCOc2ccc(S(N)(=O)=O)cc2)C1. The van der Waals surface area contributed by atoms with Crippen molar-refractivity contribution in [2.75, 3.05) is 33.3 Å². The van der Waals surface area contributed by atoms with Crippen LogP contribution in [0.5, 0.6) is 5.75 Å². The second-order valence-electron chi connectivity index (χ2n) is 4.94. The number of nitrogens with zero attached hydrogens (tertiary/aromatic N) is 1. The van der Waals surface area contributed by atoms with Crippen molar-refractivity contribution in [1.82, 2.24) is 10.2 Å². The van der Waals surface area contributed by atoms with Crippen LogP contribution in [0.3, 0.4) is 0 Å². The van der Waals surface area contributed by atoms with Crippen molar-refractivity contribution in [1.29, 1.82) is 0 Å². The third kappa shape index (κ3) is 4.17. The Labute approximate surface area is 120 Å². The van der Waals surface area contributed by atoms with Crippen LogP contribution in [-0.4, -0.2) is 52.6 Å². The maximum atomic E-state index is 11.1. The van der Waals surface area contributed by atoms with E-state index in [1.54, 1.807) is 12.1 Å². The molecular weight excluding hydrogens is 278 g/mol. The minimum Gasteiger partial charge on any atom is -0.492 e. The first kappa shape index (κ1) is 15.2. The molecule has 112 valence electrons. The first-order chi connectivity index (χ1) is 9.49. The number of hydrogen-bond acceptors (Lipinski definition) is 5. The molecular formula is C13H21N3O3S. The van der Waals surface area contributed by atoms with Crippen molar-refractivity contribution >= 4 is 10.0 Å². The van der Waals surface area contributed by atoms with Gasteiger partial charge in [-0.15, -0.1) is 0 Å². The summed E-state index contributed by atoms with van der Waals surface area (Å²) in [5.74, 6) is 0.654. The molecule has 0 aliphatic carbocycles. The highest BCUT2D eigenvalue weighted by Crippen LogP contribution is 2.15. The Balaban J connectivity index is 1.77. The molecule has 3 N–H and O–H groups in total. The van der Waals surface area contributed by atoms with Crippen LogP contribution in [0.15, 0.2) is 29.2 Å². The summed E-state index contributed by atoms with van der Waals surface area (Å²) in [6.45, 7) is 3.59. The second-order valence-corrected chi connectivity index (χ2v) is 6.50. The second kappa shape index (κ2) is 6.53. The molecule has 1 aromatic carbocycles. The van der Waals surface area contributed by atoms with Crippen LogP contribution in [0.2, 0.25) is 0 Å². The van der Waals surface area contributed by atoms with E-state index < -0.39 is 10.0 Å². The Morgan fingerprint density at radius 1 is 1.40 bits per heavy atom. The number of benzene rings is 1. The fraction of sp³-hybridized carbons (Fsp3) is 0.538. The Kier molecular flexibility index (Phi) is 4.98. The van der Waals surface area contributed by atoms with Gasteiger partial charge in [0.1, 0.15) is 12.4 Å². The molecule has 1 heterocycles. The molecule has 1 atom stereocenters. The zero-order valence-electron chi connectivity index (χ0n) is 11.6. The zero-order chi connectivity index (χ0) is 14.6. The molecule has 2 rings (SSSR count). The third-order valence-electron chi connectivity index (χ3n) is 3.51. The summed E-state index contributed by atoms with van der Waals surface area (Å²) < 4.78 is 27.8. The number of primary sulfonamides is 1. The minimum absolute atomic E-state index is 0.0984. The van der Waals surface area contributed by atoms with Gasteiger partial charge in [-0.1, -0.05) is 0 Å². The van der Waals surface area contributed by atoms with E-state index in [4.69, 9.17) is 9.88 Å². The number of nitrogens with two attached hydrogens (primary N) is 1. The molecule has 1 unspecified atom stereocenters. The molecule has 1 aliphatic rings. The Bertz CT molecular complexity index is 530. The molecule has 20 heavy (non-hydrogen) atoms. The number of rotatable bonds is 6. The summed E-state index contributed by atoms with van der Waals surface area (Å²) in [5, 5.41) is 8.31. The van der Waals surface area contributed by atoms with Gasteiger partial charge in [0.25, 0.3) is 0 Å². The maximum Gasteiger partial charge on any atom is 0.238 e. The summed E-state index contributed by atoms with van der Waals surface area (Å²) in [7, 11) is -1.65. The molecule has 1 aromatic rings. The van der Waals surface area contributed by atoms with Gasteiger partial charge in [0, 0.05) is 19.1 Å². The molecule has 0 saturated carbocycles. The van der Waals surface area contributed by atoms with Gasteiger partial charge >= 0.3 is 0 Å². The van der Waals surface area contributed by atoms with Crippen LogP contribution in [0.4, 0.5) is 0 Å². The summed E-state index contributed by atoms with van der Waals surface area (Å²) >= 11 is 0. The van der Waals surface area contributed by atoms with E-state index in [-0.39, 0.29) is 4.90 Å². The van der Waals surface area contributed by atoms with E-state index in [2.05, 4.69) is 10.2 Å². The number of likely N-dealkylation sites (N-methyl/N-ethyl adjacent to an activating group) is 1. The Morgan fingerprint density at radius 3 is 2.65 bits per heavy atom. The predicted molar refractivity (Wildman–Crippen MR) is 77.2 cm³/mol. The van der Waals surface area contributed by atoms with E-state index in [1.807, 2.05) is 7.05 Å².